The van der Waals surface area contributed by atoms with Crippen LogP contribution in [0.15, 0.2) is 30.5 Å². The van der Waals surface area contributed by atoms with E-state index in [1.54, 1.807) is 18.3 Å². The van der Waals surface area contributed by atoms with Crippen LogP contribution in [-0.4, -0.2) is 18.1 Å². The van der Waals surface area contributed by atoms with E-state index < -0.39 is 5.97 Å². The number of rotatable bonds is 2. The van der Waals surface area contributed by atoms with E-state index in [1.807, 2.05) is 12.1 Å². The van der Waals surface area contributed by atoms with Gasteiger partial charge >= 0.3 is 5.97 Å². The van der Waals surface area contributed by atoms with Crippen LogP contribution in [0, 0.1) is 0 Å². The summed E-state index contributed by atoms with van der Waals surface area (Å²) in [4.78, 5) is 14.5. The molecule has 3 nitrogen and oxygen atoms in total. The van der Waals surface area contributed by atoms with E-state index >= 15 is 0 Å². The minimum Gasteiger partial charge on any atom is -0.465 e. The van der Waals surface area contributed by atoms with Gasteiger partial charge in [0.15, 0.2) is 0 Å². The summed E-state index contributed by atoms with van der Waals surface area (Å²) in [5, 5.41) is 0.544. The first-order chi connectivity index (χ1) is 8.13. The van der Waals surface area contributed by atoms with Gasteiger partial charge in [0, 0.05) is 17.5 Å². The van der Waals surface area contributed by atoms with Gasteiger partial charge in [0.2, 0.25) is 0 Å². The number of aromatic amines is 1. The summed E-state index contributed by atoms with van der Waals surface area (Å²) >= 11 is 12.1. The Morgan fingerprint density at radius 1 is 1.29 bits per heavy atom. The van der Waals surface area contributed by atoms with Crippen LogP contribution in [0.3, 0.4) is 0 Å². The normalized spacial score (nSPS) is 10.3. The van der Waals surface area contributed by atoms with Crippen LogP contribution in [0.25, 0.3) is 11.3 Å². The molecule has 2 aromatic rings. The van der Waals surface area contributed by atoms with Gasteiger partial charge in [-0.2, -0.15) is 0 Å². The highest BCUT2D eigenvalue weighted by Gasteiger charge is 2.17. The van der Waals surface area contributed by atoms with E-state index in [2.05, 4.69) is 9.72 Å². The lowest BCUT2D eigenvalue weighted by Gasteiger charge is -2.07. The Morgan fingerprint density at radius 3 is 2.41 bits per heavy atom. The molecule has 2 rings (SSSR count). The third-order valence-electron chi connectivity index (χ3n) is 2.34. The minimum atomic E-state index is -0.543. The first-order valence-electron chi connectivity index (χ1n) is 4.84. The quantitative estimate of drug-likeness (QED) is 0.844. The summed E-state index contributed by atoms with van der Waals surface area (Å²) in [6.45, 7) is 0. The molecule has 1 heterocycles. The van der Waals surface area contributed by atoms with Gasteiger partial charge in [0.25, 0.3) is 0 Å². The van der Waals surface area contributed by atoms with Crippen molar-refractivity contribution in [3.8, 4) is 11.3 Å². The SMILES string of the molecule is COC(=O)c1c(Cl)cc(-c2ccc[nH]2)cc1Cl. The van der Waals surface area contributed by atoms with Gasteiger partial charge in [-0.1, -0.05) is 23.2 Å². The predicted molar refractivity (Wildman–Crippen MR) is 67.6 cm³/mol. The molecule has 1 N–H and O–H groups in total. The number of methoxy groups -OCH3 is 1. The van der Waals surface area contributed by atoms with Crippen LogP contribution in [0.1, 0.15) is 10.4 Å². The Morgan fingerprint density at radius 2 is 1.94 bits per heavy atom. The van der Waals surface area contributed by atoms with Crippen molar-refractivity contribution in [2.45, 2.75) is 0 Å². The smallest absolute Gasteiger partial charge is 0.340 e. The van der Waals surface area contributed by atoms with Crippen molar-refractivity contribution in [1.29, 1.82) is 0 Å². The summed E-state index contributed by atoms with van der Waals surface area (Å²) in [5.41, 5.74) is 1.88. The molecule has 0 saturated heterocycles. The first kappa shape index (κ1) is 12.0. The number of halogens is 2. The standard InChI is InChI=1S/C12H9Cl2NO2/c1-17-12(16)11-8(13)5-7(6-9(11)14)10-3-2-4-15-10/h2-6,15H,1H3. The van der Waals surface area contributed by atoms with Gasteiger partial charge in [0.1, 0.15) is 0 Å². The van der Waals surface area contributed by atoms with Crippen molar-refractivity contribution in [3.63, 3.8) is 0 Å². The summed E-state index contributed by atoms with van der Waals surface area (Å²) in [6, 6.07) is 7.10. The second-order valence-corrected chi connectivity index (χ2v) is 4.20. The Labute approximate surface area is 108 Å². The fourth-order valence-corrected chi connectivity index (χ4v) is 2.18. The molecule has 5 heteroatoms. The fraction of sp³-hybridized carbons (Fsp3) is 0.0833. The van der Waals surface area contributed by atoms with Gasteiger partial charge < -0.3 is 9.72 Å². The lowest BCUT2D eigenvalue weighted by atomic mass is 10.1. The third-order valence-corrected chi connectivity index (χ3v) is 2.94. The first-order valence-corrected chi connectivity index (χ1v) is 5.60. The van der Waals surface area contributed by atoms with Gasteiger partial charge in [-0.25, -0.2) is 4.79 Å². The topological polar surface area (TPSA) is 42.1 Å². The number of aromatic nitrogens is 1. The van der Waals surface area contributed by atoms with Gasteiger partial charge in [-0.3, -0.25) is 0 Å². The zero-order valence-corrected chi connectivity index (χ0v) is 10.5. The molecule has 0 amide bonds. The van der Waals surface area contributed by atoms with Gasteiger partial charge in [0.05, 0.1) is 22.7 Å². The lowest BCUT2D eigenvalue weighted by molar-refractivity contribution is 0.0601. The highest BCUT2D eigenvalue weighted by molar-refractivity contribution is 6.39. The molecule has 0 aliphatic carbocycles. The number of benzene rings is 1. The van der Waals surface area contributed by atoms with Crippen LogP contribution in [0.5, 0.6) is 0 Å². The Balaban J connectivity index is 2.53. The average Bonchev–Trinajstić information content (AvgIpc) is 2.81. The highest BCUT2D eigenvalue weighted by Crippen LogP contribution is 2.31. The molecule has 0 spiro atoms. The molecule has 0 fully saturated rings. The third kappa shape index (κ3) is 2.30. The Hall–Kier alpha value is -1.45. The Bertz CT molecular complexity index is 527. The molecule has 0 saturated carbocycles. The number of H-pyrrole nitrogens is 1. The largest absolute Gasteiger partial charge is 0.465 e. The van der Waals surface area contributed by atoms with Crippen LogP contribution >= 0.6 is 23.2 Å². The van der Waals surface area contributed by atoms with Crippen LogP contribution < -0.4 is 0 Å². The lowest BCUT2D eigenvalue weighted by Crippen LogP contribution is -2.03. The molecule has 17 heavy (non-hydrogen) atoms. The van der Waals surface area contributed by atoms with E-state index in [-0.39, 0.29) is 15.6 Å². The molecule has 0 aliphatic heterocycles. The van der Waals surface area contributed by atoms with Crippen molar-refractivity contribution in [3.05, 3.63) is 46.1 Å². The van der Waals surface area contributed by atoms with Crippen molar-refractivity contribution in [2.75, 3.05) is 7.11 Å². The van der Waals surface area contributed by atoms with Crippen molar-refractivity contribution in [2.24, 2.45) is 0 Å². The number of carbonyl (C=O) groups excluding carboxylic acids is 1. The van der Waals surface area contributed by atoms with E-state index in [9.17, 15) is 4.79 Å². The summed E-state index contributed by atoms with van der Waals surface area (Å²) in [6.07, 6.45) is 1.80. The minimum absolute atomic E-state index is 0.186. The summed E-state index contributed by atoms with van der Waals surface area (Å²) in [5.74, 6) is -0.543. The number of carbonyl (C=O) groups is 1. The van der Waals surface area contributed by atoms with Crippen molar-refractivity contribution >= 4 is 29.2 Å². The molecular weight excluding hydrogens is 261 g/mol. The second kappa shape index (κ2) is 4.82. The van der Waals surface area contributed by atoms with Gasteiger partial charge in [-0.05, 0) is 24.3 Å². The second-order valence-electron chi connectivity index (χ2n) is 3.39. The zero-order chi connectivity index (χ0) is 12.4. The average molecular weight is 270 g/mol. The number of hydrogen-bond donors (Lipinski definition) is 1. The van der Waals surface area contributed by atoms with E-state index in [0.717, 1.165) is 11.3 Å². The summed E-state index contributed by atoms with van der Waals surface area (Å²) in [7, 11) is 1.29. The van der Waals surface area contributed by atoms with Crippen molar-refractivity contribution < 1.29 is 9.53 Å². The molecular formula is C12H9Cl2NO2. The van der Waals surface area contributed by atoms with Crippen LogP contribution in [0.4, 0.5) is 0 Å². The predicted octanol–water partition coefficient (Wildman–Crippen LogP) is 3.78. The molecule has 1 aromatic carbocycles. The molecule has 0 bridgehead atoms. The molecule has 1 aromatic heterocycles. The number of hydrogen-bond acceptors (Lipinski definition) is 2. The number of esters is 1. The molecule has 88 valence electrons. The number of nitrogens with one attached hydrogen (secondary N) is 1. The van der Waals surface area contributed by atoms with E-state index in [0.29, 0.717) is 0 Å². The zero-order valence-electron chi connectivity index (χ0n) is 8.96. The maximum absolute atomic E-state index is 11.5. The highest BCUT2D eigenvalue weighted by atomic mass is 35.5. The van der Waals surface area contributed by atoms with E-state index in [4.69, 9.17) is 23.2 Å². The Kier molecular flexibility index (Phi) is 3.41. The van der Waals surface area contributed by atoms with Crippen molar-refractivity contribution in [1.82, 2.24) is 4.98 Å². The number of ether oxygens (including phenoxy) is 1. The molecule has 0 radical (unpaired) electrons. The van der Waals surface area contributed by atoms with E-state index in [1.165, 1.54) is 7.11 Å². The van der Waals surface area contributed by atoms with Crippen LogP contribution in [-0.2, 0) is 4.74 Å². The molecule has 0 unspecified atom stereocenters. The molecule has 0 aliphatic rings. The van der Waals surface area contributed by atoms with Gasteiger partial charge in [-0.15, -0.1) is 0 Å². The maximum Gasteiger partial charge on any atom is 0.340 e. The monoisotopic (exact) mass is 269 g/mol. The fourth-order valence-electron chi connectivity index (χ4n) is 1.54. The summed E-state index contributed by atoms with van der Waals surface area (Å²) < 4.78 is 4.61. The maximum atomic E-state index is 11.5. The van der Waals surface area contributed by atoms with Crippen LogP contribution in [0.2, 0.25) is 10.0 Å². The molecule has 0 atom stereocenters.